The Morgan fingerprint density at radius 1 is 1.47 bits per heavy atom. The van der Waals surface area contributed by atoms with Gasteiger partial charge in [0.15, 0.2) is 0 Å². The van der Waals surface area contributed by atoms with Crippen LogP contribution in [-0.4, -0.2) is 57.5 Å². The van der Waals surface area contributed by atoms with Gasteiger partial charge in [0.25, 0.3) is 5.91 Å². The number of ether oxygens (including phenoxy) is 1. The fraction of sp³-hybridized carbons (Fsp3) is 0.583. The molecule has 1 aromatic heterocycles. The number of piperidine rings is 1. The number of nitrogens with zero attached hydrogens (tertiary/aromatic N) is 3. The zero-order valence-electron chi connectivity index (χ0n) is 10.8. The number of carboxylic acids is 1. The van der Waals surface area contributed by atoms with Crippen LogP contribution in [0.15, 0.2) is 12.3 Å². The largest absolute Gasteiger partial charge is 0.480 e. The minimum absolute atomic E-state index is 0.0447. The first-order chi connectivity index (χ1) is 9.08. The highest BCUT2D eigenvalue weighted by Gasteiger charge is 2.25. The molecular weight excluding hydrogens is 250 g/mol. The van der Waals surface area contributed by atoms with Gasteiger partial charge in [0.1, 0.15) is 12.3 Å². The van der Waals surface area contributed by atoms with E-state index in [0.717, 1.165) is 0 Å². The highest BCUT2D eigenvalue weighted by Crippen LogP contribution is 2.16. The highest BCUT2D eigenvalue weighted by molar-refractivity contribution is 5.92. The normalized spacial score (nSPS) is 16.6. The van der Waals surface area contributed by atoms with Gasteiger partial charge in [-0.3, -0.25) is 9.48 Å². The van der Waals surface area contributed by atoms with Crippen LogP contribution in [0.4, 0.5) is 0 Å². The molecule has 19 heavy (non-hydrogen) atoms. The number of hydrogen-bond donors (Lipinski definition) is 1. The summed E-state index contributed by atoms with van der Waals surface area (Å²) in [6.45, 7) is 0.878. The van der Waals surface area contributed by atoms with E-state index in [9.17, 15) is 9.59 Å². The predicted molar refractivity (Wildman–Crippen MR) is 65.7 cm³/mol. The maximum Gasteiger partial charge on any atom is 0.329 e. The van der Waals surface area contributed by atoms with Crippen molar-refractivity contribution in [3.05, 3.63) is 18.0 Å². The molecule has 2 rings (SSSR count). The van der Waals surface area contributed by atoms with Crippen LogP contribution >= 0.6 is 0 Å². The number of aliphatic carboxylic acids is 1. The fourth-order valence-electron chi connectivity index (χ4n) is 2.16. The van der Waals surface area contributed by atoms with Crippen LogP contribution in [0.5, 0.6) is 0 Å². The monoisotopic (exact) mass is 267 g/mol. The third-order valence-electron chi connectivity index (χ3n) is 3.21. The minimum atomic E-state index is -0.964. The number of rotatable bonds is 4. The second kappa shape index (κ2) is 5.83. The van der Waals surface area contributed by atoms with Crippen LogP contribution in [0.1, 0.15) is 23.3 Å². The summed E-state index contributed by atoms with van der Waals surface area (Å²) < 4.78 is 6.78. The van der Waals surface area contributed by atoms with E-state index < -0.39 is 5.97 Å². The van der Waals surface area contributed by atoms with Gasteiger partial charge in [-0.2, -0.15) is 5.10 Å². The van der Waals surface area contributed by atoms with Crippen molar-refractivity contribution < 1.29 is 19.4 Å². The molecule has 1 N–H and O–H groups in total. The standard InChI is InChI=1S/C12H17N3O4/c1-14-10(2-5-13-14)12(18)15-6-3-9(4-7-15)19-8-11(16)17/h2,5,9H,3-4,6-8H2,1H3,(H,16,17). The van der Waals surface area contributed by atoms with Crippen molar-refractivity contribution in [2.45, 2.75) is 18.9 Å². The average molecular weight is 267 g/mol. The van der Waals surface area contributed by atoms with E-state index in [0.29, 0.717) is 31.6 Å². The van der Waals surface area contributed by atoms with E-state index in [2.05, 4.69) is 5.10 Å². The number of aryl methyl sites for hydroxylation is 1. The Bertz CT molecular complexity index is 463. The Morgan fingerprint density at radius 3 is 2.68 bits per heavy atom. The van der Waals surface area contributed by atoms with Crippen LogP contribution in [-0.2, 0) is 16.6 Å². The number of carboxylic acid groups (broad SMARTS) is 1. The SMILES string of the molecule is Cn1nccc1C(=O)N1CCC(OCC(=O)O)CC1. The number of amides is 1. The van der Waals surface area contributed by atoms with E-state index >= 15 is 0 Å². The summed E-state index contributed by atoms with van der Waals surface area (Å²) in [4.78, 5) is 24.3. The van der Waals surface area contributed by atoms with Crippen LogP contribution in [0.2, 0.25) is 0 Å². The topological polar surface area (TPSA) is 84.7 Å². The molecule has 0 unspecified atom stereocenters. The predicted octanol–water partition coefficient (Wildman–Crippen LogP) is 0.126. The Kier molecular flexibility index (Phi) is 4.16. The average Bonchev–Trinajstić information content (AvgIpc) is 2.82. The Hall–Kier alpha value is -1.89. The van der Waals surface area contributed by atoms with Crippen LogP contribution in [0.25, 0.3) is 0 Å². The fourth-order valence-corrected chi connectivity index (χ4v) is 2.16. The Balaban J connectivity index is 1.85. The zero-order valence-corrected chi connectivity index (χ0v) is 10.8. The lowest BCUT2D eigenvalue weighted by molar-refractivity contribution is -0.145. The van der Waals surface area contributed by atoms with Crippen molar-refractivity contribution in [1.29, 1.82) is 0 Å². The van der Waals surface area contributed by atoms with E-state index in [4.69, 9.17) is 9.84 Å². The molecule has 1 amide bonds. The number of carbonyl (C=O) groups is 2. The molecular formula is C12H17N3O4. The lowest BCUT2D eigenvalue weighted by Crippen LogP contribution is -2.41. The van der Waals surface area contributed by atoms with Crippen molar-refractivity contribution in [2.24, 2.45) is 7.05 Å². The molecule has 0 radical (unpaired) electrons. The molecule has 0 saturated carbocycles. The van der Waals surface area contributed by atoms with E-state index in [-0.39, 0.29) is 18.6 Å². The second-order valence-electron chi connectivity index (χ2n) is 4.54. The molecule has 1 aromatic rings. The maximum absolute atomic E-state index is 12.2. The number of hydrogen-bond acceptors (Lipinski definition) is 4. The van der Waals surface area contributed by atoms with Gasteiger partial charge >= 0.3 is 5.97 Å². The molecule has 0 spiro atoms. The number of aromatic nitrogens is 2. The van der Waals surface area contributed by atoms with Gasteiger partial charge in [-0.1, -0.05) is 0 Å². The molecule has 2 heterocycles. The molecule has 1 aliphatic heterocycles. The summed E-state index contributed by atoms with van der Waals surface area (Å²) in [5.41, 5.74) is 0.560. The van der Waals surface area contributed by atoms with Gasteiger partial charge in [0, 0.05) is 26.3 Å². The van der Waals surface area contributed by atoms with Gasteiger partial charge in [-0.25, -0.2) is 4.79 Å². The Labute approximate surface area is 110 Å². The second-order valence-corrected chi connectivity index (χ2v) is 4.54. The maximum atomic E-state index is 12.2. The molecule has 1 fully saturated rings. The Morgan fingerprint density at radius 2 is 2.16 bits per heavy atom. The zero-order chi connectivity index (χ0) is 13.8. The smallest absolute Gasteiger partial charge is 0.329 e. The molecule has 0 aromatic carbocycles. The first-order valence-electron chi connectivity index (χ1n) is 6.18. The minimum Gasteiger partial charge on any atom is -0.480 e. The first kappa shape index (κ1) is 13.5. The molecule has 1 aliphatic rings. The molecule has 0 aliphatic carbocycles. The molecule has 7 nitrogen and oxygen atoms in total. The lowest BCUT2D eigenvalue weighted by atomic mass is 10.1. The van der Waals surface area contributed by atoms with Gasteiger partial charge in [-0.05, 0) is 18.9 Å². The highest BCUT2D eigenvalue weighted by atomic mass is 16.5. The molecule has 7 heteroatoms. The van der Waals surface area contributed by atoms with Gasteiger partial charge in [-0.15, -0.1) is 0 Å². The summed E-state index contributed by atoms with van der Waals surface area (Å²) in [5.74, 6) is -1.01. The van der Waals surface area contributed by atoms with Crippen molar-refractivity contribution >= 4 is 11.9 Å². The number of likely N-dealkylation sites (tertiary alicyclic amines) is 1. The van der Waals surface area contributed by atoms with Crippen LogP contribution in [0, 0.1) is 0 Å². The summed E-state index contributed by atoms with van der Waals surface area (Å²) in [7, 11) is 1.73. The van der Waals surface area contributed by atoms with Crippen LogP contribution in [0.3, 0.4) is 0 Å². The van der Waals surface area contributed by atoms with E-state index in [1.165, 1.54) is 0 Å². The van der Waals surface area contributed by atoms with Crippen molar-refractivity contribution in [3.8, 4) is 0 Å². The molecule has 0 atom stereocenters. The van der Waals surface area contributed by atoms with E-state index in [1.54, 1.807) is 28.9 Å². The van der Waals surface area contributed by atoms with Crippen molar-refractivity contribution in [2.75, 3.05) is 19.7 Å². The van der Waals surface area contributed by atoms with Crippen molar-refractivity contribution in [3.63, 3.8) is 0 Å². The van der Waals surface area contributed by atoms with Crippen molar-refractivity contribution in [1.82, 2.24) is 14.7 Å². The summed E-state index contributed by atoms with van der Waals surface area (Å²) in [6.07, 6.45) is 2.84. The lowest BCUT2D eigenvalue weighted by Gasteiger charge is -2.31. The van der Waals surface area contributed by atoms with Gasteiger partial charge < -0.3 is 14.7 Å². The number of carbonyl (C=O) groups excluding carboxylic acids is 1. The molecule has 1 saturated heterocycles. The van der Waals surface area contributed by atoms with Gasteiger partial charge in [0.2, 0.25) is 0 Å². The quantitative estimate of drug-likeness (QED) is 0.838. The molecule has 0 bridgehead atoms. The summed E-state index contributed by atoms with van der Waals surface area (Å²) in [6, 6.07) is 1.69. The molecule has 104 valence electrons. The summed E-state index contributed by atoms with van der Waals surface area (Å²) >= 11 is 0. The third kappa shape index (κ3) is 3.31. The van der Waals surface area contributed by atoms with Gasteiger partial charge in [0.05, 0.1) is 6.10 Å². The van der Waals surface area contributed by atoms with E-state index in [1.807, 2.05) is 0 Å². The third-order valence-corrected chi connectivity index (χ3v) is 3.21. The summed E-state index contributed by atoms with van der Waals surface area (Å²) in [5, 5.41) is 12.5. The van der Waals surface area contributed by atoms with Crippen LogP contribution < -0.4 is 0 Å². The first-order valence-corrected chi connectivity index (χ1v) is 6.18.